The molecule has 0 unspecified atom stereocenters. The molecule has 0 radical (unpaired) electrons. The number of nitrogen functional groups attached to an aromatic ring is 1. The Morgan fingerprint density at radius 1 is 1.56 bits per heavy atom. The van der Waals surface area contributed by atoms with E-state index in [1.165, 1.54) is 0 Å². The molecule has 1 fully saturated rings. The van der Waals surface area contributed by atoms with Gasteiger partial charge in [0.05, 0.1) is 4.92 Å². The van der Waals surface area contributed by atoms with Gasteiger partial charge in [-0.2, -0.15) is 0 Å². The largest absolute Gasteiger partial charge is 0.385 e. The summed E-state index contributed by atoms with van der Waals surface area (Å²) in [6, 6.07) is 0.928. The third-order valence-corrected chi connectivity index (χ3v) is 5.82. The molecule has 1 saturated carbocycles. The van der Waals surface area contributed by atoms with Crippen molar-refractivity contribution < 1.29 is 13.3 Å². The summed E-state index contributed by atoms with van der Waals surface area (Å²) in [7, 11) is -3.69. The highest BCUT2D eigenvalue weighted by Crippen LogP contribution is 2.35. The number of hydrogen-bond acceptors (Lipinski definition) is 6. The van der Waals surface area contributed by atoms with Crippen LogP contribution in [0.2, 0.25) is 0 Å². The first-order valence-corrected chi connectivity index (χ1v) is 7.65. The van der Waals surface area contributed by atoms with Gasteiger partial charge in [0.25, 0.3) is 10.0 Å². The van der Waals surface area contributed by atoms with Gasteiger partial charge in [-0.1, -0.05) is 18.3 Å². The van der Waals surface area contributed by atoms with Crippen molar-refractivity contribution in [2.24, 2.45) is 5.92 Å². The van der Waals surface area contributed by atoms with Gasteiger partial charge in [-0.15, -0.1) is 0 Å². The molecule has 1 aromatic heterocycles. The van der Waals surface area contributed by atoms with Crippen LogP contribution in [-0.2, 0) is 10.0 Å². The number of sulfonamides is 1. The Morgan fingerprint density at radius 2 is 2.17 bits per heavy atom. The molecule has 100 valence electrons. The molecule has 0 bridgehead atoms. The predicted octanol–water partition coefficient (Wildman–Crippen LogP) is 1.32. The molecule has 7 nitrogen and oxygen atoms in total. The smallest absolute Gasteiger partial charge is 0.304 e. The van der Waals surface area contributed by atoms with E-state index in [1.54, 1.807) is 0 Å². The molecule has 2 rings (SSSR count). The lowest BCUT2D eigenvalue weighted by Gasteiger charge is -2.32. The molecule has 0 amide bonds. The molecule has 3 N–H and O–H groups in total. The van der Waals surface area contributed by atoms with Crippen molar-refractivity contribution in [3.8, 4) is 0 Å². The zero-order valence-corrected chi connectivity index (χ0v) is 11.3. The summed E-state index contributed by atoms with van der Waals surface area (Å²) in [6.07, 6.45) is 1.59. The monoisotopic (exact) mass is 291 g/mol. The molecule has 0 atom stereocenters. The van der Waals surface area contributed by atoms with Crippen molar-refractivity contribution >= 4 is 32.0 Å². The first-order chi connectivity index (χ1) is 8.29. The van der Waals surface area contributed by atoms with Gasteiger partial charge in [0.15, 0.2) is 5.00 Å². The molecule has 0 spiro atoms. The number of nitrogens with zero attached hydrogens (tertiary/aromatic N) is 1. The van der Waals surface area contributed by atoms with E-state index in [9.17, 15) is 18.5 Å². The van der Waals surface area contributed by atoms with Crippen LogP contribution < -0.4 is 10.5 Å². The molecule has 1 aliphatic rings. The van der Waals surface area contributed by atoms with Gasteiger partial charge in [0.2, 0.25) is 0 Å². The van der Waals surface area contributed by atoms with Crippen LogP contribution in [0.1, 0.15) is 19.8 Å². The number of nitrogens with two attached hydrogens (primary N) is 1. The van der Waals surface area contributed by atoms with E-state index in [-0.39, 0.29) is 20.9 Å². The normalized spacial score (nSPS) is 23.6. The lowest BCUT2D eigenvalue weighted by Crippen LogP contribution is -2.43. The molecule has 1 aromatic rings. The molecule has 0 aromatic carbocycles. The van der Waals surface area contributed by atoms with E-state index in [2.05, 4.69) is 4.72 Å². The minimum Gasteiger partial charge on any atom is -0.385 e. The Balaban J connectivity index is 2.19. The maximum Gasteiger partial charge on any atom is 0.304 e. The average molecular weight is 291 g/mol. The molecular formula is C9H13N3O4S2. The minimum absolute atomic E-state index is 0.0765. The average Bonchev–Trinajstić information content (AvgIpc) is 2.58. The topological polar surface area (TPSA) is 115 Å². The summed E-state index contributed by atoms with van der Waals surface area (Å²) in [5.74, 6) is 0.514. The fourth-order valence-electron chi connectivity index (χ4n) is 1.92. The quantitative estimate of drug-likeness (QED) is 0.641. The molecular weight excluding hydrogens is 278 g/mol. The number of nitro groups is 1. The fourth-order valence-corrected chi connectivity index (χ4v) is 4.42. The van der Waals surface area contributed by atoms with Gasteiger partial charge >= 0.3 is 5.69 Å². The second kappa shape index (κ2) is 4.48. The number of hydrogen-bond donors (Lipinski definition) is 2. The number of anilines is 1. The zero-order valence-electron chi connectivity index (χ0n) is 9.62. The van der Waals surface area contributed by atoms with Crippen LogP contribution in [0.15, 0.2) is 10.3 Å². The number of rotatable bonds is 4. The SMILES string of the molecule is CC1CC(NS(=O)(=O)c2cc([N+](=O)[O-])c(N)s2)C1. The molecule has 1 heterocycles. The van der Waals surface area contributed by atoms with E-state index in [0.29, 0.717) is 17.3 Å². The maximum atomic E-state index is 12.0. The summed E-state index contributed by atoms with van der Waals surface area (Å²) < 4.78 is 26.3. The Kier molecular flexibility index (Phi) is 3.30. The van der Waals surface area contributed by atoms with Crippen molar-refractivity contribution in [3.05, 3.63) is 16.2 Å². The number of nitrogens with one attached hydrogen (secondary N) is 1. The second-order valence-electron chi connectivity index (χ2n) is 4.47. The van der Waals surface area contributed by atoms with Crippen molar-refractivity contribution in [2.75, 3.05) is 5.73 Å². The van der Waals surface area contributed by atoms with Crippen LogP contribution in [0.5, 0.6) is 0 Å². The highest BCUT2D eigenvalue weighted by Gasteiger charge is 2.32. The van der Waals surface area contributed by atoms with Crippen LogP contribution in [0.25, 0.3) is 0 Å². The third kappa shape index (κ3) is 2.47. The van der Waals surface area contributed by atoms with Crippen molar-refractivity contribution in [1.29, 1.82) is 0 Å². The Bertz CT molecular complexity index is 575. The third-order valence-electron chi connectivity index (χ3n) is 2.87. The Morgan fingerprint density at radius 3 is 2.61 bits per heavy atom. The van der Waals surface area contributed by atoms with Crippen LogP contribution in [0.4, 0.5) is 10.7 Å². The lowest BCUT2D eigenvalue weighted by molar-refractivity contribution is -0.383. The summed E-state index contributed by atoms with van der Waals surface area (Å²) in [5.41, 5.74) is 5.06. The molecule has 18 heavy (non-hydrogen) atoms. The van der Waals surface area contributed by atoms with E-state index in [0.717, 1.165) is 18.9 Å². The Labute approximate surface area is 108 Å². The molecule has 9 heteroatoms. The van der Waals surface area contributed by atoms with Crippen molar-refractivity contribution in [3.63, 3.8) is 0 Å². The fraction of sp³-hybridized carbons (Fsp3) is 0.556. The van der Waals surface area contributed by atoms with Crippen LogP contribution >= 0.6 is 11.3 Å². The van der Waals surface area contributed by atoms with Gasteiger partial charge in [0.1, 0.15) is 4.21 Å². The summed E-state index contributed by atoms with van der Waals surface area (Å²) in [4.78, 5) is 9.93. The van der Waals surface area contributed by atoms with Crippen molar-refractivity contribution in [2.45, 2.75) is 30.0 Å². The number of thiophene rings is 1. The summed E-state index contributed by atoms with van der Waals surface area (Å²) >= 11 is 0.713. The first-order valence-electron chi connectivity index (χ1n) is 5.35. The highest BCUT2D eigenvalue weighted by atomic mass is 32.2. The maximum absolute atomic E-state index is 12.0. The first kappa shape index (κ1) is 13.2. The van der Waals surface area contributed by atoms with Gasteiger partial charge < -0.3 is 5.73 Å². The predicted molar refractivity (Wildman–Crippen MR) is 67.9 cm³/mol. The second-order valence-corrected chi connectivity index (χ2v) is 7.49. The zero-order chi connectivity index (χ0) is 13.5. The van der Waals surface area contributed by atoms with E-state index >= 15 is 0 Å². The van der Waals surface area contributed by atoms with E-state index in [1.807, 2.05) is 6.92 Å². The molecule has 0 aliphatic heterocycles. The van der Waals surface area contributed by atoms with Crippen molar-refractivity contribution in [1.82, 2.24) is 4.72 Å². The standard InChI is InChI=1S/C9H13N3O4S2/c1-5-2-6(3-5)11-18(15,16)8-4-7(12(13)14)9(10)17-8/h4-6,11H,2-3,10H2,1H3. The molecule has 0 saturated heterocycles. The van der Waals surface area contributed by atoms with Gasteiger partial charge in [0, 0.05) is 12.1 Å². The van der Waals surface area contributed by atoms with Crippen LogP contribution in [0, 0.1) is 16.0 Å². The summed E-state index contributed by atoms with van der Waals surface area (Å²) in [5, 5.41) is 10.5. The Hall–Kier alpha value is -1.19. The summed E-state index contributed by atoms with van der Waals surface area (Å²) in [6.45, 7) is 2.04. The van der Waals surface area contributed by atoms with Crippen LogP contribution in [0.3, 0.4) is 0 Å². The lowest BCUT2D eigenvalue weighted by atomic mass is 9.83. The van der Waals surface area contributed by atoms with Gasteiger partial charge in [-0.3, -0.25) is 10.1 Å². The highest BCUT2D eigenvalue weighted by molar-refractivity contribution is 7.91. The van der Waals surface area contributed by atoms with E-state index < -0.39 is 14.9 Å². The minimum atomic E-state index is -3.69. The van der Waals surface area contributed by atoms with Crippen LogP contribution in [-0.4, -0.2) is 19.4 Å². The van der Waals surface area contributed by atoms with E-state index in [4.69, 9.17) is 5.73 Å². The molecule has 1 aliphatic carbocycles. The van der Waals surface area contributed by atoms with Gasteiger partial charge in [-0.25, -0.2) is 13.1 Å². The van der Waals surface area contributed by atoms with Gasteiger partial charge in [-0.05, 0) is 18.8 Å².